The van der Waals surface area contributed by atoms with E-state index < -0.39 is 5.60 Å². The molecule has 1 fully saturated rings. The predicted octanol–water partition coefficient (Wildman–Crippen LogP) is 3.49. The van der Waals surface area contributed by atoms with Crippen molar-refractivity contribution in [3.8, 4) is 5.75 Å². The smallest absolute Gasteiger partial charge is 0.410 e. The Labute approximate surface area is 143 Å². The average Bonchev–Trinajstić information content (AvgIpc) is 2.54. The predicted molar refractivity (Wildman–Crippen MR) is 91.4 cm³/mol. The second-order valence-corrected chi connectivity index (χ2v) is 7.58. The highest BCUT2D eigenvalue weighted by Gasteiger charge is 2.42. The molecule has 2 aliphatic rings. The molecule has 5 heteroatoms. The van der Waals surface area contributed by atoms with Crippen LogP contribution >= 0.6 is 0 Å². The molecule has 1 aromatic rings. The molecule has 0 N–H and O–H groups in total. The van der Waals surface area contributed by atoms with Crippen molar-refractivity contribution in [2.75, 3.05) is 26.8 Å². The molecule has 0 aromatic heterocycles. The number of nitrogens with zero attached hydrogens (tertiary/aromatic N) is 1. The third kappa shape index (κ3) is 3.36. The number of benzene rings is 1. The SMILES string of the molecule is COc1ccc2c(c1)C1(CCN(C(=O)OC(C)(C)C)CC1)OCC2. The Hall–Kier alpha value is -1.75. The second kappa shape index (κ2) is 6.28. The van der Waals surface area contributed by atoms with Crippen molar-refractivity contribution < 1.29 is 19.0 Å². The summed E-state index contributed by atoms with van der Waals surface area (Å²) >= 11 is 0. The molecule has 0 bridgehead atoms. The maximum Gasteiger partial charge on any atom is 0.410 e. The summed E-state index contributed by atoms with van der Waals surface area (Å²) in [7, 11) is 1.68. The third-order valence-corrected chi connectivity index (χ3v) is 4.78. The normalized spacial score (nSPS) is 19.8. The van der Waals surface area contributed by atoms with Gasteiger partial charge in [-0.15, -0.1) is 0 Å². The number of hydrogen-bond acceptors (Lipinski definition) is 4. The van der Waals surface area contributed by atoms with Crippen molar-refractivity contribution in [1.82, 2.24) is 4.90 Å². The molecule has 0 saturated carbocycles. The maximum atomic E-state index is 12.3. The Kier molecular flexibility index (Phi) is 4.47. The van der Waals surface area contributed by atoms with Gasteiger partial charge in [0.15, 0.2) is 0 Å². The average molecular weight is 333 g/mol. The van der Waals surface area contributed by atoms with Gasteiger partial charge in [0.05, 0.1) is 19.3 Å². The Bertz CT molecular complexity index is 612. The van der Waals surface area contributed by atoms with Gasteiger partial charge in [0, 0.05) is 13.1 Å². The van der Waals surface area contributed by atoms with E-state index in [4.69, 9.17) is 14.2 Å². The Morgan fingerprint density at radius 3 is 2.58 bits per heavy atom. The quantitative estimate of drug-likeness (QED) is 0.789. The molecular weight excluding hydrogens is 306 g/mol. The molecule has 24 heavy (non-hydrogen) atoms. The number of fused-ring (bicyclic) bond motifs is 2. The summed E-state index contributed by atoms with van der Waals surface area (Å²) in [5.74, 6) is 0.855. The van der Waals surface area contributed by atoms with Crippen molar-refractivity contribution in [2.24, 2.45) is 0 Å². The molecular formula is C19H27NO4. The van der Waals surface area contributed by atoms with Crippen molar-refractivity contribution in [3.05, 3.63) is 29.3 Å². The molecule has 3 rings (SSSR count). The summed E-state index contributed by atoms with van der Waals surface area (Å²) in [6.45, 7) is 7.69. The topological polar surface area (TPSA) is 48.0 Å². The van der Waals surface area contributed by atoms with Gasteiger partial charge in [-0.2, -0.15) is 0 Å². The van der Waals surface area contributed by atoms with E-state index in [0.717, 1.165) is 31.6 Å². The van der Waals surface area contributed by atoms with Gasteiger partial charge in [-0.3, -0.25) is 0 Å². The highest BCUT2D eigenvalue weighted by Crippen LogP contribution is 2.42. The number of rotatable bonds is 1. The highest BCUT2D eigenvalue weighted by atomic mass is 16.6. The number of ether oxygens (including phenoxy) is 3. The first-order valence-corrected chi connectivity index (χ1v) is 8.62. The second-order valence-electron chi connectivity index (χ2n) is 7.58. The van der Waals surface area contributed by atoms with E-state index >= 15 is 0 Å². The molecule has 0 radical (unpaired) electrons. The molecule has 2 aliphatic heterocycles. The monoisotopic (exact) mass is 333 g/mol. The number of piperidine rings is 1. The minimum Gasteiger partial charge on any atom is -0.497 e. The zero-order valence-corrected chi connectivity index (χ0v) is 15.1. The van der Waals surface area contributed by atoms with Crippen molar-refractivity contribution in [2.45, 2.75) is 51.2 Å². The zero-order valence-electron chi connectivity index (χ0n) is 15.1. The fourth-order valence-corrected chi connectivity index (χ4v) is 3.55. The zero-order chi connectivity index (χ0) is 17.4. The lowest BCUT2D eigenvalue weighted by Gasteiger charge is -2.45. The first-order valence-electron chi connectivity index (χ1n) is 8.62. The van der Waals surface area contributed by atoms with Crippen LogP contribution in [-0.2, 0) is 21.5 Å². The van der Waals surface area contributed by atoms with E-state index in [1.54, 1.807) is 12.0 Å². The number of likely N-dealkylation sites (tertiary alicyclic amines) is 1. The van der Waals surface area contributed by atoms with Crippen LogP contribution in [0, 0.1) is 0 Å². The van der Waals surface area contributed by atoms with E-state index in [1.807, 2.05) is 26.8 Å². The number of carbonyl (C=O) groups is 1. The largest absolute Gasteiger partial charge is 0.497 e. The molecule has 1 saturated heterocycles. The molecule has 0 atom stereocenters. The summed E-state index contributed by atoms with van der Waals surface area (Å²) < 4.78 is 17.1. The summed E-state index contributed by atoms with van der Waals surface area (Å²) in [4.78, 5) is 14.1. The Balaban J connectivity index is 1.76. The lowest BCUT2D eigenvalue weighted by atomic mass is 9.79. The van der Waals surface area contributed by atoms with Gasteiger partial charge in [-0.05, 0) is 63.3 Å². The fourth-order valence-electron chi connectivity index (χ4n) is 3.55. The first kappa shape index (κ1) is 17.1. The molecule has 1 amide bonds. The van der Waals surface area contributed by atoms with E-state index in [9.17, 15) is 4.79 Å². The molecule has 0 unspecified atom stereocenters. The first-order chi connectivity index (χ1) is 11.3. The summed E-state index contributed by atoms with van der Waals surface area (Å²) in [6.07, 6.45) is 2.26. The molecule has 132 valence electrons. The van der Waals surface area contributed by atoms with E-state index in [2.05, 4.69) is 12.1 Å². The van der Waals surface area contributed by atoms with Gasteiger partial charge in [-0.25, -0.2) is 4.79 Å². The third-order valence-electron chi connectivity index (χ3n) is 4.78. The van der Waals surface area contributed by atoms with Crippen LogP contribution < -0.4 is 4.74 Å². The number of carbonyl (C=O) groups excluding carboxylic acids is 1. The van der Waals surface area contributed by atoms with Crippen LogP contribution in [0.1, 0.15) is 44.7 Å². The van der Waals surface area contributed by atoms with Gasteiger partial charge in [0.25, 0.3) is 0 Å². The van der Waals surface area contributed by atoms with Gasteiger partial charge in [-0.1, -0.05) is 6.07 Å². The van der Waals surface area contributed by atoms with Crippen LogP contribution in [-0.4, -0.2) is 43.4 Å². The lowest BCUT2D eigenvalue weighted by molar-refractivity contribution is -0.0978. The standard InChI is InChI=1S/C19H27NO4/c1-18(2,3)24-17(21)20-10-8-19(9-11-20)16-13-15(22-4)6-5-14(16)7-12-23-19/h5-6,13H,7-12H2,1-4H3. The molecule has 2 heterocycles. The molecule has 1 aromatic carbocycles. The van der Waals surface area contributed by atoms with Crippen LogP contribution in [0.2, 0.25) is 0 Å². The lowest BCUT2D eigenvalue weighted by Crippen LogP contribution is -2.49. The fraction of sp³-hybridized carbons (Fsp3) is 0.632. The van der Waals surface area contributed by atoms with E-state index in [-0.39, 0.29) is 11.7 Å². The maximum absolute atomic E-state index is 12.3. The van der Waals surface area contributed by atoms with Crippen LogP contribution in [0.25, 0.3) is 0 Å². The highest BCUT2D eigenvalue weighted by molar-refractivity contribution is 5.68. The van der Waals surface area contributed by atoms with Gasteiger partial charge >= 0.3 is 6.09 Å². The van der Waals surface area contributed by atoms with Crippen LogP contribution in [0.3, 0.4) is 0 Å². The van der Waals surface area contributed by atoms with Gasteiger partial charge < -0.3 is 19.1 Å². The van der Waals surface area contributed by atoms with Crippen LogP contribution in [0.15, 0.2) is 18.2 Å². The number of amides is 1. The summed E-state index contributed by atoms with van der Waals surface area (Å²) in [5, 5.41) is 0. The molecule has 1 spiro atoms. The van der Waals surface area contributed by atoms with Crippen LogP contribution in [0.4, 0.5) is 4.79 Å². The van der Waals surface area contributed by atoms with Gasteiger partial charge in [0.1, 0.15) is 11.4 Å². The van der Waals surface area contributed by atoms with E-state index in [1.165, 1.54) is 11.1 Å². The molecule has 5 nitrogen and oxygen atoms in total. The summed E-state index contributed by atoms with van der Waals surface area (Å²) in [6, 6.07) is 6.24. The number of hydrogen-bond donors (Lipinski definition) is 0. The Morgan fingerprint density at radius 2 is 1.96 bits per heavy atom. The number of methoxy groups -OCH3 is 1. The minimum atomic E-state index is -0.465. The van der Waals surface area contributed by atoms with Crippen molar-refractivity contribution in [3.63, 3.8) is 0 Å². The molecule has 0 aliphatic carbocycles. The van der Waals surface area contributed by atoms with E-state index in [0.29, 0.717) is 13.1 Å². The van der Waals surface area contributed by atoms with Crippen molar-refractivity contribution in [1.29, 1.82) is 0 Å². The summed E-state index contributed by atoms with van der Waals surface area (Å²) in [5.41, 5.74) is 1.78. The van der Waals surface area contributed by atoms with Crippen LogP contribution in [0.5, 0.6) is 5.75 Å². The van der Waals surface area contributed by atoms with Crippen molar-refractivity contribution >= 4 is 6.09 Å². The minimum absolute atomic E-state index is 0.237. The van der Waals surface area contributed by atoms with Gasteiger partial charge in [0.2, 0.25) is 0 Å². The Morgan fingerprint density at radius 1 is 1.25 bits per heavy atom.